The van der Waals surface area contributed by atoms with Gasteiger partial charge in [0.1, 0.15) is 16.7 Å². The van der Waals surface area contributed by atoms with Crippen LogP contribution in [0.3, 0.4) is 0 Å². The van der Waals surface area contributed by atoms with Crippen molar-refractivity contribution in [1.29, 1.82) is 0 Å². The van der Waals surface area contributed by atoms with Crippen LogP contribution in [0.25, 0.3) is 10.8 Å². The van der Waals surface area contributed by atoms with Gasteiger partial charge in [-0.25, -0.2) is 4.98 Å². The Hall–Kier alpha value is -1.79. The van der Waals surface area contributed by atoms with E-state index in [9.17, 15) is 5.11 Å². The van der Waals surface area contributed by atoms with Crippen LogP contribution in [0.15, 0.2) is 48.7 Å². The van der Waals surface area contributed by atoms with Crippen molar-refractivity contribution in [2.75, 3.05) is 19.7 Å². The summed E-state index contributed by atoms with van der Waals surface area (Å²) in [6.07, 6.45) is 4.37. The van der Waals surface area contributed by atoms with Gasteiger partial charge in [0.2, 0.25) is 0 Å². The van der Waals surface area contributed by atoms with Crippen molar-refractivity contribution in [2.24, 2.45) is 0 Å². The van der Waals surface area contributed by atoms with Crippen LogP contribution >= 0.6 is 11.3 Å². The van der Waals surface area contributed by atoms with E-state index in [0.29, 0.717) is 13.1 Å². The van der Waals surface area contributed by atoms with E-state index in [-0.39, 0.29) is 6.10 Å². The van der Waals surface area contributed by atoms with E-state index >= 15 is 0 Å². The van der Waals surface area contributed by atoms with Gasteiger partial charge in [0.15, 0.2) is 0 Å². The number of aromatic nitrogens is 1. The third-order valence-corrected chi connectivity index (χ3v) is 6.49. The predicted molar refractivity (Wildman–Crippen MR) is 103 cm³/mol. The first kappa shape index (κ1) is 16.4. The minimum atomic E-state index is -0.761. The molecule has 3 aromatic rings. The zero-order chi connectivity index (χ0) is 17.6. The third kappa shape index (κ3) is 2.85. The van der Waals surface area contributed by atoms with Crippen LogP contribution in [-0.4, -0.2) is 34.7 Å². The lowest BCUT2D eigenvalue weighted by molar-refractivity contribution is -0.106. The molecule has 3 heterocycles. The summed E-state index contributed by atoms with van der Waals surface area (Å²) < 4.78 is 5.72. The number of hydrogen-bond donors (Lipinski definition) is 1. The summed E-state index contributed by atoms with van der Waals surface area (Å²) in [4.78, 5) is 8.08. The molecule has 0 amide bonds. The Kier molecular flexibility index (Phi) is 4.05. The highest BCUT2D eigenvalue weighted by Gasteiger charge is 2.43. The van der Waals surface area contributed by atoms with Crippen molar-refractivity contribution in [1.82, 2.24) is 9.88 Å². The molecule has 5 heteroatoms. The summed E-state index contributed by atoms with van der Waals surface area (Å²) >= 11 is 1.75. The molecule has 0 radical (unpaired) electrons. The van der Waals surface area contributed by atoms with E-state index in [1.54, 1.807) is 11.3 Å². The number of benzene rings is 2. The van der Waals surface area contributed by atoms with Crippen LogP contribution < -0.4 is 0 Å². The molecule has 2 aliphatic heterocycles. The summed E-state index contributed by atoms with van der Waals surface area (Å²) in [6.45, 7) is 3.02. The van der Waals surface area contributed by atoms with E-state index in [0.717, 1.165) is 42.0 Å². The van der Waals surface area contributed by atoms with Crippen molar-refractivity contribution >= 4 is 22.1 Å². The lowest BCUT2D eigenvalue weighted by Crippen LogP contribution is -2.58. The molecule has 2 aromatic carbocycles. The normalized spacial score (nSPS) is 22.6. The number of fused-ring (bicyclic) bond motifs is 1. The molecule has 0 spiro atoms. The highest BCUT2D eigenvalue weighted by Crippen LogP contribution is 2.38. The first-order valence-corrected chi connectivity index (χ1v) is 10.0. The summed E-state index contributed by atoms with van der Waals surface area (Å²) in [6, 6.07) is 14.5. The second-order valence-electron chi connectivity index (χ2n) is 7.37. The fraction of sp³-hybridized carbons (Fsp3) is 0.381. The number of hydrogen-bond acceptors (Lipinski definition) is 5. The quantitative estimate of drug-likeness (QED) is 0.762. The lowest BCUT2D eigenvalue weighted by Gasteiger charge is -2.47. The summed E-state index contributed by atoms with van der Waals surface area (Å²) in [7, 11) is 0. The van der Waals surface area contributed by atoms with Crippen molar-refractivity contribution in [3.8, 4) is 0 Å². The average Bonchev–Trinajstić information content (AvgIpc) is 3.31. The van der Waals surface area contributed by atoms with Gasteiger partial charge in [0.05, 0.1) is 0 Å². The molecular weight excluding hydrogens is 344 g/mol. The standard InChI is InChI=1S/C21H22N2O2S/c24-21(18-8-3-6-15-5-1-2-7-17(15)18)13-23(14-21)12-16-11-22-20(26-16)19-9-4-10-25-19/h1-3,5-8,11,19,24H,4,9-10,12-14H2. The Balaban J connectivity index is 1.29. The number of rotatable bonds is 4. The number of thiazole rings is 1. The first-order chi connectivity index (χ1) is 12.7. The van der Waals surface area contributed by atoms with Gasteiger partial charge in [0.25, 0.3) is 0 Å². The topological polar surface area (TPSA) is 45.6 Å². The zero-order valence-electron chi connectivity index (χ0n) is 14.6. The second-order valence-corrected chi connectivity index (χ2v) is 8.52. The molecule has 2 saturated heterocycles. The zero-order valence-corrected chi connectivity index (χ0v) is 15.4. The molecule has 0 aliphatic carbocycles. The van der Waals surface area contributed by atoms with Gasteiger partial charge < -0.3 is 9.84 Å². The maximum absolute atomic E-state index is 11.1. The van der Waals surface area contributed by atoms with Crippen molar-refractivity contribution < 1.29 is 9.84 Å². The number of ether oxygens (including phenoxy) is 1. The molecule has 0 saturated carbocycles. The van der Waals surface area contributed by atoms with Crippen LogP contribution in [0.5, 0.6) is 0 Å². The molecule has 2 fully saturated rings. The molecule has 2 aliphatic rings. The molecule has 0 bridgehead atoms. The number of nitrogens with zero attached hydrogens (tertiary/aromatic N) is 2. The van der Waals surface area contributed by atoms with Crippen LogP contribution in [0.1, 0.15) is 34.4 Å². The molecule has 4 nitrogen and oxygen atoms in total. The maximum Gasteiger partial charge on any atom is 0.122 e. The highest BCUT2D eigenvalue weighted by molar-refractivity contribution is 7.11. The molecule has 1 N–H and O–H groups in total. The smallest absolute Gasteiger partial charge is 0.122 e. The van der Waals surface area contributed by atoms with Gasteiger partial charge >= 0.3 is 0 Å². The van der Waals surface area contributed by atoms with E-state index in [1.165, 1.54) is 10.3 Å². The van der Waals surface area contributed by atoms with Gasteiger partial charge in [0, 0.05) is 37.3 Å². The Labute approximate surface area is 157 Å². The predicted octanol–water partition coefficient (Wildman–Crippen LogP) is 3.85. The van der Waals surface area contributed by atoms with E-state index < -0.39 is 5.60 Å². The monoisotopic (exact) mass is 366 g/mol. The molecule has 134 valence electrons. The van der Waals surface area contributed by atoms with Gasteiger partial charge in [-0.05, 0) is 29.2 Å². The number of likely N-dealkylation sites (tertiary alicyclic amines) is 1. The minimum Gasteiger partial charge on any atom is -0.382 e. The Bertz CT molecular complexity index is 921. The lowest BCUT2D eigenvalue weighted by atomic mass is 9.83. The van der Waals surface area contributed by atoms with Gasteiger partial charge in [-0.1, -0.05) is 42.5 Å². The third-order valence-electron chi connectivity index (χ3n) is 5.42. The van der Waals surface area contributed by atoms with Crippen LogP contribution in [0.4, 0.5) is 0 Å². The fourth-order valence-electron chi connectivity index (χ4n) is 4.14. The summed E-state index contributed by atoms with van der Waals surface area (Å²) in [5.74, 6) is 0. The Morgan fingerprint density at radius 1 is 1.19 bits per heavy atom. The van der Waals surface area contributed by atoms with Crippen molar-refractivity contribution in [3.05, 3.63) is 64.1 Å². The van der Waals surface area contributed by atoms with E-state index in [4.69, 9.17) is 4.74 Å². The molecule has 26 heavy (non-hydrogen) atoms. The second kappa shape index (κ2) is 6.43. The summed E-state index contributed by atoms with van der Waals surface area (Å²) in [5.41, 5.74) is 0.277. The number of aliphatic hydroxyl groups is 1. The molecular formula is C21H22N2O2S. The van der Waals surface area contributed by atoms with Gasteiger partial charge in [-0.3, -0.25) is 4.90 Å². The molecule has 1 unspecified atom stereocenters. The highest BCUT2D eigenvalue weighted by atomic mass is 32.1. The first-order valence-electron chi connectivity index (χ1n) is 9.20. The Morgan fingerprint density at radius 2 is 2.04 bits per heavy atom. The minimum absolute atomic E-state index is 0.192. The van der Waals surface area contributed by atoms with E-state index in [1.807, 2.05) is 24.4 Å². The SMILES string of the molecule is OC1(c2cccc3ccccc23)CN(Cc2cnc(C3CCCO3)s2)C1. The summed E-state index contributed by atoms with van der Waals surface area (Å²) in [5, 5.41) is 14.6. The average molecular weight is 366 g/mol. The largest absolute Gasteiger partial charge is 0.382 e. The molecule has 1 atom stereocenters. The van der Waals surface area contributed by atoms with Crippen LogP contribution in [-0.2, 0) is 16.9 Å². The fourth-order valence-corrected chi connectivity index (χ4v) is 5.19. The molecule has 1 aromatic heterocycles. The van der Waals surface area contributed by atoms with E-state index in [2.05, 4.69) is 34.1 Å². The Morgan fingerprint density at radius 3 is 2.88 bits per heavy atom. The van der Waals surface area contributed by atoms with Crippen LogP contribution in [0.2, 0.25) is 0 Å². The van der Waals surface area contributed by atoms with Crippen molar-refractivity contribution in [3.63, 3.8) is 0 Å². The van der Waals surface area contributed by atoms with Crippen molar-refractivity contribution in [2.45, 2.75) is 31.1 Å². The number of β-amino-alcohol motifs (C(OH)–C–C–N with tert-alkyl or cyclic N) is 1. The maximum atomic E-state index is 11.1. The van der Waals surface area contributed by atoms with Crippen LogP contribution in [0, 0.1) is 0 Å². The molecule has 5 rings (SSSR count). The van der Waals surface area contributed by atoms with Gasteiger partial charge in [-0.15, -0.1) is 11.3 Å². The van der Waals surface area contributed by atoms with Gasteiger partial charge in [-0.2, -0.15) is 0 Å².